The van der Waals surface area contributed by atoms with Crippen LogP contribution < -0.4 is 5.32 Å². The van der Waals surface area contributed by atoms with Gasteiger partial charge in [0.05, 0.1) is 17.6 Å². The molecule has 0 aliphatic rings. The van der Waals surface area contributed by atoms with Crippen LogP contribution in [-0.2, 0) is 18.4 Å². The van der Waals surface area contributed by atoms with Gasteiger partial charge in [-0.3, -0.25) is 4.79 Å². The van der Waals surface area contributed by atoms with E-state index in [9.17, 15) is 4.79 Å². The molecular formula is C21H23N3O. The van der Waals surface area contributed by atoms with Gasteiger partial charge in [-0.05, 0) is 35.3 Å². The lowest BCUT2D eigenvalue weighted by Crippen LogP contribution is -2.22. The lowest BCUT2D eigenvalue weighted by Gasteiger charge is -2.05. The first-order valence-electron chi connectivity index (χ1n) is 8.51. The van der Waals surface area contributed by atoms with Gasteiger partial charge in [-0.1, -0.05) is 50.2 Å². The molecule has 0 saturated heterocycles. The van der Waals surface area contributed by atoms with Crippen molar-refractivity contribution in [3.63, 3.8) is 0 Å². The Morgan fingerprint density at radius 3 is 2.56 bits per heavy atom. The van der Waals surface area contributed by atoms with Crippen molar-refractivity contribution in [3.05, 3.63) is 71.6 Å². The van der Waals surface area contributed by atoms with Crippen LogP contribution in [0.3, 0.4) is 0 Å². The molecule has 0 atom stereocenters. The zero-order valence-electron chi connectivity index (χ0n) is 14.9. The van der Waals surface area contributed by atoms with Crippen LogP contribution in [0.1, 0.15) is 36.7 Å². The normalized spacial score (nSPS) is 11.5. The summed E-state index contributed by atoms with van der Waals surface area (Å²) < 4.78 is 2.00. The van der Waals surface area contributed by atoms with E-state index in [1.165, 1.54) is 5.56 Å². The number of benzene rings is 2. The quantitative estimate of drug-likeness (QED) is 0.717. The highest BCUT2D eigenvalue weighted by Gasteiger charge is 2.07. The second-order valence-electron chi connectivity index (χ2n) is 6.45. The van der Waals surface area contributed by atoms with Crippen molar-refractivity contribution >= 4 is 23.0 Å². The van der Waals surface area contributed by atoms with Crippen molar-refractivity contribution in [3.8, 4) is 0 Å². The van der Waals surface area contributed by atoms with Crippen molar-refractivity contribution in [1.29, 1.82) is 0 Å². The number of aromatic nitrogens is 2. The van der Waals surface area contributed by atoms with E-state index in [4.69, 9.17) is 0 Å². The summed E-state index contributed by atoms with van der Waals surface area (Å²) >= 11 is 0. The van der Waals surface area contributed by atoms with Crippen LogP contribution in [0.2, 0.25) is 0 Å². The van der Waals surface area contributed by atoms with Crippen LogP contribution in [0, 0.1) is 0 Å². The van der Waals surface area contributed by atoms with E-state index >= 15 is 0 Å². The number of carbonyl (C=O) groups is 1. The monoisotopic (exact) mass is 333 g/mol. The third-order valence-corrected chi connectivity index (χ3v) is 4.33. The van der Waals surface area contributed by atoms with Gasteiger partial charge in [-0.2, -0.15) is 0 Å². The van der Waals surface area contributed by atoms with Crippen LogP contribution in [0.5, 0.6) is 0 Å². The van der Waals surface area contributed by atoms with E-state index in [1.54, 1.807) is 6.08 Å². The number of nitrogens with one attached hydrogen (secondary N) is 1. The molecule has 4 heteroatoms. The molecule has 0 spiro atoms. The zero-order chi connectivity index (χ0) is 17.8. The summed E-state index contributed by atoms with van der Waals surface area (Å²) in [6.07, 6.45) is 3.39. The molecule has 0 bridgehead atoms. The molecule has 3 rings (SSSR count). The third kappa shape index (κ3) is 3.97. The molecule has 0 saturated carbocycles. The van der Waals surface area contributed by atoms with Gasteiger partial charge in [0.2, 0.25) is 5.91 Å². The van der Waals surface area contributed by atoms with E-state index in [2.05, 4.69) is 36.3 Å². The summed E-state index contributed by atoms with van der Waals surface area (Å²) in [6, 6.07) is 16.2. The van der Waals surface area contributed by atoms with E-state index in [-0.39, 0.29) is 5.91 Å². The number of carbonyl (C=O) groups excluding carboxylic acids is 1. The van der Waals surface area contributed by atoms with Gasteiger partial charge < -0.3 is 9.88 Å². The van der Waals surface area contributed by atoms with Crippen LogP contribution in [0.4, 0.5) is 0 Å². The molecule has 1 heterocycles. The SMILES string of the molecule is CC(C)c1ccc(/C=C/C(=O)NCc2nc3ccccc3n2C)cc1. The molecule has 1 amide bonds. The summed E-state index contributed by atoms with van der Waals surface area (Å²) in [7, 11) is 1.96. The lowest BCUT2D eigenvalue weighted by molar-refractivity contribution is -0.116. The largest absolute Gasteiger partial charge is 0.345 e. The summed E-state index contributed by atoms with van der Waals surface area (Å²) in [5.41, 5.74) is 4.31. The summed E-state index contributed by atoms with van der Waals surface area (Å²) in [5.74, 6) is 1.22. The van der Waals surface area contributed by atoms with Gasteiger partial charge in [0.15, 0.2) is 0 Å². The molecule has 0 fully saturated rings. The molecule has 1 aromatic heterocycles. The van der Waals surface area contributed by atoms with Crippen LogP contribution >= 0.6 is 0 Å². The highest BCUT2D eigenvalue weighted by atomic mass is 16.1. The Morgan fingerprint density at radius 1 is 1.16 bits per heavy atom. The first-order valence-corrected chi connectivity index (χ1v) is 8.51. The van der Waals surface area contributed by atoms with Crippen molar-refractivity contribution in [2.45, 2.75) is 26.3 Å². The number of fused-ring (bicyclic) bond motifs is 1. The molecule has 4 nitrogen and oxygen atoms in total. The Labute approximate surface area is 148 Å². The Morgan fingerprint density at radius 2 is 1.88 bits per heavy atom. The molecule has 0 unspecified atom stereocenters. The summed E-state index contributed by atoms with van der Waals surface area (Å²) in [5, 5.41) is 2.89. The van der Waals surface area contributed by atoms with E-state index in [0.29, 0.717) is 12.5 Å². The van der Waals surface area contributed by atoms with Gasteiger partial charge in [0.25, 0.3) is 0 Å². The lowest BCUT2D eigenvalue weighted by atomic mass is 10.0. The minimum Gasteiger partial charge on any atom is -0.345 e. The van der Waals surface area contributed by atoms with Crippen LogP contribution in [-0.4, -0.2) is 15.5 Å². The fourth-order valence-corrected chi connectivity index (χ4v) is 2.74. The topological polar surface area (TPSA) is 46.9 Å². The average Bonchev–Trinajstić information content (AvgIpc) is 2.95. The maximum atomic E-state index is 12.1. The Balaban J connectivity index is 1.61. The fraction of sp³-hybridized carbons (Fsp3) is 0.238. The number of hydrogen-bond acceptors (Lipinski definition) is 2. The first kappa shape index (κ1) is 17.0. The summed E-state index contributed by atoms with van der Waals surface area (Å²) in [6.45, 7) is 4.74. The molecule has 25 heavy (non-hydrogen) atoms. The van der Waals surface area contributed by atoms with E-state index < -0.39 is 0 Å². The number of nitrogens with zero attached hydrogens (tertiary/aromatic N) is 2. The molecule has 3 aromatic rings. The Hall–Kier alpha value is -2.88. The zero-order valence-corrected chi connectivity index (χ0v) is 14.9. The minimum absolute atomic E-state index is 0.125. The predicted octanol–water partition coefficient (Wildman–Crippen LogP) is 4.03. The summed E-state index contributed by atoms with van der Waals surface area (Å²) in [4.78, 5) is 16.6. The number of imidazole rings is 1. The predicted molar refractivity (Wildman–Crippen MR) is 102 cm³/mol. The fourth-order valence-electron chi connectivity index (χ4n) is 2.74. The van der Waals surface area contributed by atoms with Gasteiger partial charge in [-0.15, -0.1) is 0 Å². The van der Waals surface area contributed by atoms with Crippen LogP contribution in [0.25, 0.3) is 17.1 Å². The number of para-hydroxylation sites is 2. The number of rotatable bonds is 5. The smallest absolute Gasteiger partial charge is 0.244 e. The van der Waals surface area contributed by atoms with Gasteiger partial charge in [0.1, 0.15) is 5.82 Å². The molecule has 128 valence electrons. The van der Waals surface area contributed by atoms with Crippen LogP contribution in [0.15, 0.2) is 54.6 Å². The van der Waals surface area contributed by atoms with Crippen molar-refractivity contribution in [2.24, 2.45) is 7.05 Å². The van der Waals surface area contributed by atoms with Crippen molar-refractivity contribution < 1.29 is 4.79 Å². The van der Waals surface area contributed by atoms with Crippen molar-refractivity contribution in [2.75, 3.05) is 0 Å². The van der Waals surface area contributed by atoms with E-state index in [1.807, 2.05) is 54.1 Å². The minimum atomic E-state index is -0.125. The highest BCUT2D eigenvalue weighted by molar-refractivity contribution is 5.91. The van der Waals surface area contributed by atoms with Gasteiger partial charge in [0, 0.05) is 13.1 Å². The maximum absolute atomic E-state index is 12.1. The first-order chi connectivity index (χ1) is 12.0. The highest BCUT2D eigenvalue weighted by Crippen LogP contribution is 2.15. The second-order valence-corrected chi connectivity index (χ2v) is 6.45. The second kappa shape index (κ2) is 7.34. The third-order valence-electron chi connectivity index (χ3n) is 4.33. The molecule has 0 aliphatic carbocycles. The average molecular weight is 333 g/mol. The Kier molecular flexibility index (Phi) is 4.98. The maximum Gasteiger partial charge on any atom is 0.244 e. The number of amides is 1. The van der Waals surface area contributed by atoms with Gasteiger partial charge >= 0.3 is 0 Å². The molecule has 1 N–H and O–H groups in total. The molecule has 0 aliphatic heterocycles. The molecule has 2 aromatic carbocycles. The molecule has 0 radical (unpaired) electrons. The molecular weight excluding hydrogens is 310 g/mol. The number of hydrogen-bond donors (Lipinski definition) is 1. The van der Waals surface area contributed by atoms with E-state index in [0.717, 1.165) is 22.4 Å². The van der Waals surface area contributed by atoms with Gasteiger partial charge in [-0.25, -0.2) is 4.98 Å². The number of aryl methyl sites for hydroxylation is 1. The van der Waals surface area contributed by atoms with Crippen molar-refractivity contribution in [1.82, 2.24) is 14.9 Å². The standard InChI is InChI=1S/C21H23N3O/c1-15(2)17-11-8-16(9-12-17)10-13-21(25)22-14-20-23-18-6-4-5-7-19(18)24(20)3/h4-13,15H,14H2,1-3H3,(H,22,25)/b13-10+. The Bertz CT molecular complexity index is 905.